The van der Waals surface area contributed by atoms with E-state index in [1.165, 1.54) is 44.9 Å². The number of hydrogen-bond donors (Lipinski definition) is 2. The summed E-state index contributed by atoms with van der Waals surface area (Å²) in [5.41, 5.74) is 7.39. The molecule has 0 saturated heterocycles. The van der Waals surface area contributed by atoms with Crippen LogP contribution >= 0.6 is 0 Å². The molecule has 132 valence electrons. The summed E-state index contributed by atoms with van der Waals surface area (Å²) in [7, 11) is 0. The molecule has 0 bridgehead atoms. The van der Waals surface area contributed by atoms with Crippen LogP contribution in [0.25, 0.3) is 0 Å². The number of hydrogen-bond acceptors (Lipinski definition) is 2. The molecule has 0 heterocycles. The van der Waals surface area contributed by atoms with E-state index in [9.17, 15) is 5.11 Å². The van der Waals surface area contributed by atoms with E-state index in [0.29, 0.717) is 16.9 Å². The smallest absolute Gasteiger partial charge is 0.0543 e. The van der Waals surface area contributed by atoms with E-state index in [1.807, 2.05) is 0 Å². The van der Waals surface area contributed by atoms with Gasteiger partial charge in [0.2, 0.25) is 0 Å². The molecule has 23 heavy (non-hydrogen) atoms. The van der Waals surface area contributed by atoms with Gasteiger partial charge in [0.15, 0.2) is 0 Å². The highest BCUT2D eigenvalue weighted by Gasteiger charge is 2.60. The maximum Gasteiger partial charge on any atom is 0.0543 e. The van der Waals surface area contributed by atoms with E-state index in [1.54, 1.807) is 0 Å². The monoisotopic (exact) mass is 319 g/mol. The molecule has 4 saturated carbocycles. The van der Waals surface area contributed by atoms with Crippen LogP contribution in [0.1, 0.15) is 78.6 Å². The maximum absolute atomic E-state index is 10.1. The van der Waals surface area contributed by atoms with E-state index >= 15 is 0 Å². The van der Waals surface area contributed by atoms with E-state index in [0.717, 1.165) is 42.4 Å². The molecule has 2 unspecified atom stereocenters. The Balaban J connectivity index is 1.60. The number of aliphatic hydroxyl groups excluding tert-OH is 1. The van der Waals surface area contributed by atoms with Crippen molar-refractivity contribution in [3.05, 3.63) is 0 Å². The van der Waals surface area contributed by atoms with Gasteiger partial charge < -0.3 is 10.8 Å². The molecular formula is C21H37NO. The molecule has 0 aromatic rings. The van der Waals surface area contributed by atoms with Gasteiger partial charge in [0.25, 0.3) is 0 Å². The lowest BCUT2D eigenvalue weighted by Gasteiger charge is -2.61. The summed E-state index contributed by atoms with van der Waals surface area (Å²) in [5, 5.41) is 10.1. The van der Waals surface area contributed by atoms with Crippen molar-refractivity contribution in [2.75, 3.05) is 0 Å². The Morgan fingerprint density at radius 3 is 2.35 bits per heavy atom. The van der Waals surface area contributed by atoms with Gasteiger partial charge in [-0.2, -0.15) is 0 Å². The molecule has 9 atom stereocenters. The number of aliphatic hydroxyl groups is 1. The van der Waals surface area contributed by atoms with Crippen molar-refractivity contribution >= 4 is 0 Å². The van der Waals surface area contributed by atoms with Crippen LogP contribution in [0.3, 0.4) is 0 Å². The fourth-order valence-electron chi connectivity index (χ4n) is 8.14. The van der Waals surface area contributed by atoms with Gasteiger partial charge >= 0.3 is 0 Å². The molecule has 0 aliphatic heterocycles. The number of rotatable bonds is 1. The second-order valence-electron chi connectivity index (χ2n) is 10.2. The Labute approximate surface area is 142 Å². The fraction of sp³-hybridized carbons (Fsp3) is 1.00. The molecular weight excluding hydrogens is 282 g/mol. The first-order valence-corrected chi connectivity index (χ1v) is 10.3. The highest BCUT2D eigenvalue weighted by Crippen LogP contribution is 2.67. The van der Waals surface area contributed by atoms with Crippen LogP contribution in [0.4, 0.5) is 0 Å². The van der Waals surface area contributed by atoms with Crippen LogP contribution in [-0.4, -0.2) is 17.3 Å². The van der Waals surface area contributed by atoms with Crippen LogP contribution in [-0.2, 0) is 0 Å². The van der Waals surface area contributed by atoms with Gasteiger partial charge in [-0.05, 0) is 105 Å². The first-order valence-electron chi connectivity index (χ1n) is 10.3. The molecule has 4 aliphatic carbocycles. The SMILES string of the molecule is CC(N)[C@H]1CC[C@H]2[C@H]3CC[C@H]4CC(O)CC[C@]4(C)[C@H]3CC[C@@]12C. The van der Waals surface area contributed by atoms with Gasteiger partial charge in [-0.25, -0.2) is 0 Å². The highest BCUT2D eigenvalue weighted by atomic mass is 16.3. The molecule has 0 aromatic heterocycles. The minimum absolute atomic E-state index is 0.0209. The second kappa shape index (κ2) is 5.46. The number of nitrogens with two attached hydrogens (primary N) is 1. The van der Waals surface area contributed by atoms with Crippen LogP contribution < -0.4 is 5.73 Å². The predicted molar refractivity (Wildman–Crippen MR) is 94.9 cm³/mol. The Kier molecular flexibility index (Phi) is 3.89. The predicted octanol–water partition coefficient (Wildman–Crippen LogP) is 4.35. The Morgan fingerprint density at radius 2 is 1.61 bits per heavy atom. The second-order valence-corrected chi connectivity index (χ2v) is 10.2. The lowest BCUT2D eigenvalue weighted by atomic mass is 9.44. The summed E-state index contributed by atoms with van der Waals surface area (Å²) in [6, 6.07) is 0.360. The minimum atomic E-state index is -0.0209. The van der Waals surface area contributed by atoms with Crippen LogP contribution in [0.5, 0.6) is 0 Å². The first kappa shape index (κ1) is 16.4. The van der Waals surface area contributed by atoms with Crippen LogP contribution in [0.15, 0.2) is 0 Å². The van der Waals surface area contributed by atoms with E-state index in [4.69, 9.17) is 5.73 Å². The Hall–Kier alpha value is -0.0800. The molecule has 2 nitrogen and oxygen atoms in total. The quantitative estimate of drug-likeness (QED) is 0.754. The third-order valence-electron chi connectivity index (χ3n) is 9.35. The van der Waals surface area contributed by atoms with Gasteiger partial charge in [0.1, 0.15) is 0 Å². The summed E-state index contributed by atoms with van der Waals surface area (Å²) < 4.78 is 0. The summed E-state index contributed by atoms with van der Waals surface area (Å²) >= 11 is 0. The molecule has 4 fully saturated rings. The van der Waals surface area contributed by atoms with Crippen molar-refractivity contribution in [2.24, 2.45) is 46.2 Å². The van der Waals surface area contributed by atoms with Gasteiger partial charge in [0, 0.05) is 6.04 Å². The summed E-state index contributed by atoms with van der Waals surface area (Å²) in [4.78, 5) is 0. The molecule has 4 rings (SSSR count). The molecule has 0 amide bonds. The topological polar surface area (TPSA) is 46.2 Å². The van der Waals surface area contributed by atoms with Crippen LogP contribution in [0, 0.1) is 40.4 Å². The van der Waals surface area contributed by atoms with Crippen molar-refractivity contribution < 1.29 is 5.11 Å². The van der Waals surface area contributed by atoms with Crippen molar-refractivity contribution in [1.29, 1.82) is 0 Å². The Bertz CT molecular complexity index is 463. The molecule has 3 N–H and O–H groups in total. The standard InChI is InChI=1S/C21H37NO/c1-13(22)17-6-7-18-16-5-4-14-12-15(23)8-10-20(14,2)19(16)9-11-21(17,18)3/h13-19,23H,4-12,22H2,1-3H3/t13?,14-,15?,16+,17+,18-,19-,20-,21-/m0/s1. The summed E-state index contributed by atoms with van der Waals surface area (Å²) in [6.07, 6.45) is 11.7. The molecule has 0 spiro atoms. The normalized spacial score (nSPS) is 57.3. The van der Waals surface area contributed by atoms with Crippen LogP contribution in [0.2, 0.25) is 0 Å². The summed E-state index contributed by atoms with van der Waals surface area (Å²) in [6.45, 7) is 7.40. The van der Waals surface area contributed by atoms with Crippen molar-refractivity contribution in [1.82, 2.24) is 0 Å². The fourth-order valence-corrected chi connectivity index (χ4v) is 8.14. The molecule has 2 heteroatoms. The number of fused-ring (bicyclic) bond motifs is 5. The van der Waals surface area contributed by atoms with E-state index in [-0.39, 0.29) is 6.10 Å². The van der Waals surface area contributed by atoms with Crippen molar-refractivity contribution in [2.45, 2.75) is 90.7 Å². The van der Waals surface area contributed by atoms with Gasteiger partial charge in [-0.15, -0.1) is 0 Å². The Morgan fingerprint density at radius 1 is 0.913 bits per heavy atom. The zero-order valence-corrected chi connectivity index (χ0v) is 15.4. The highest BCUT2D eigenvalue weighted by molar-refractivity contribution is 5.10. The van der Waals surface area contributed by atoms with Gasteiger partial charge in [-0.3, -0.25) is 0 Å². The average molecular weight is 320 g/mol. The lowest BCUT2D eigenvalue weighted by molar-refractivity contribution is -0.127. The zero-order valence-electron chi connectivity index (χ0n) is 15.4. The van der Waals surface area contributed by atoms with Gasteiger partial charge in [-0.1, -0.05) is 13.8 Å². The first-order chi connectivity index (χ1) is 10.9. The van der Waals surface area contributed by atoms with Crippen molar-refractivity contribution in [3.63, 3.8) is 0 Å². The molecule has 4 aliphatic rings. The molecule has 0 aromatic carbocycles. The van der Waals surface area contributed by atoms with E-state index in [2.05, 4.69) is 20.8 Å². The lowest BCUT2D eigenvalue weighted by Crippen LogP contribution is -2.54. The van der Waals surface area contributed by atoms with Crippen molar-refractivity contribution in [3.8, 4) is 0 Å². The zero-order chi connectivity index (χ0) is 16.4. The third kappa shape index (κ3) is 2.27. The van der Waals surface area contributed by atoms with E-state index < -0.39 is 0 Å². The average Bonchev–Trinajstić information content (AvgIpc) is 2.85. The third-order valence-corrected chi connectivity index (χ3v) is 9.35. The molecule has 0 radical (unpaired) electrons. The van der Waals surface area contributed by atoms with Gasteiger partial charge in [0.05, 0.1) is 6.10 Å². The minimum Gasteiger partial charge on any atom is -0.393 e. The largest absolute Gasteiger partial charge is 0.393 e. The summed E-state index contributed by atoms with van der Waals surface area (Å²) in [5.74, 6) is 4.30. The maximum atomic E-state index is 10.1.